The summed E-state index contributed by atoms with van der Waals surface area (Å²) in [6, 6.07) is 19.2. The minimum atomic E-state index is -3.06. The van der Waals surface area contributed by atoms with Crippen LogP contribution in [0.25, 0.3) is 21.9 Å². The summed E-state index contributed by atoms with van der Waals surface area (Å²) in [5.74, 6) is 3.78. The van der Waals surface area contributed by atoms with Gasteiger partial charge in [0.1, 0.15) is 5.75 Å². The second-order valence-electron chi connectivity index (χ2n) is 11.1. The van der Waals surface area contributed by atoms with Gasteiger partial charge < -0.3 is 4.74 Å². The average molecular weight is 461 g/mol. The molecule has 4 saturated carbocycles. The van der Waals surface area contributed by atoms with Crippen LogP contribution in [0.4, 0.5) is 0 Å². The summed E-state index contributed by atoms with van der Waals surface area (Å²) in [4.78, 5) is 0. The lowest BCUT2D eigenvalue weighted by atomic mass is 9.48. The third-order valence-corrected chi connectivity index (χ3v) is 9.33. The molecule has 3 nitrogen and oxygen atoms in total. The zero-order valence-corrected chi connectivity index (χ0v) is 20.3. The summed E-state index contributed by atoms with van der Waals surface area (Å²) in [5, 5.41) is 2.21. The molecule has 0 N–H and O–H groups in total. The Labute approximate surface area is 197 Å². The van der Waals surface area contributed by atoms with Crippen molar-refractivity contribution in [1.82, 2.24) is 0 Å². The van der Waals surface area contributed by atoms with Crippen LogP contribution in [0, 0.1) is 17.8 Å². The van der Waals surface area contributed by atoms with Crippen LogP contribution in [0.5, 0.6) is 5.75 Å². The highest BCUT2D eigenvalue weighted by Crippen LogP contribution is 2.62. The Balaban J connectivity index is 1.41. The highest BCUT2D eigenvalue weighted by atomic mass is 32.2. The number of rotatable bonds is 5. The fourth-order valence-electron chi connectivity index (χ4n) is 7.61. The molecule has 0 heterocycles. The summed E-state index contributed by atoms with van der Waals surface area (Å²) in [5.41, 5.74) is 4.92. The SMILES string of the molecule is COc1ccc(-c2ccc3ccc(CS(C)(=O)=O)cc3c2)cc1C12CC3CC(CC(C3)C1)C2. The molecule has 3 aromatic carbocycles. The number of hydrogen-bond acceptors (Lipinski definition) is 3. The quantitative estimate of drug-likeness (QED) is 0.435. The van der Waals surface area contributed by atoms with E-state index >= 15 is 0 Å². The van der Waals surface area contributed by atoms with E-state index in [0.29, 0.717) is 0 Å². The maximum atomic E-state index is 11.8. The molecule has 0 aromatic heterocycles. The first-order valence-electron chi connectivity index (χ1n) is 12.2. The molecule has 4 bridgehead atoms. The van der Waals surface area contributed by atoms with Crippen molar-refractivity contribution in [3.05, 3.63) is 65.7 Å². The van der Waals surface area contributed by atoms with Crippen molar-refractivity contribution in [2.24, 2.45) is 17.8 Å². The highest BCUT2D eigenvalue weighted by molar-refractivity contribution is 7.89. The van der Waals surface area contributed by atoms with Gasteiger partial charge in [0.15, 0.2) is 9.84 Å². The number of fused-ring (bicyclic) bond motifs is 1. The Hall–Kier alpha value is -2.33. The third kappa shape index (κ3) is 3.86. The van der Waals surface area contributed by atoms with Crippen LogP contribution in [0.2, 0.25) is 0 Å². The number of ether oxygens (including phenoxy) is 1. The molecule has 0 saturated heterocycles. The van der Waals surface area contributed by atoms with Gasteiger partial charge in [-0.3, -0.25) is 0 Å². The predicted molar refractivity (Wildman–Crippen MR) is 134 cm³/mol. The molecule has 0 spiro atoms. The Morgan fingerprint density at radius 1 is 0.818 bits per heavy atom. The molecular formula is C29H32O3S. The first kappa shape index (κ1) is 21.2. The van der Waals surface area contributed by atoms with Crippen molar-refractivity contribution in [3.8, 4) is 16.9 Å². The Kier molecular flexibility index (Phi) is 4.88. The molecule has 0 radical (unpaired) electrons. The number of sulfone groups is 1. The van der Waals surface area contributed by atoms with Gasteiger partial charge in [-0.15, -0.1) is 0 Å². The van der Waals surface area contributed by atoms with E-state index in [1.165, 1.54) is 61.5 Å². The lowest BCUT2D eigenvalue weighted by molar-refractivity contribution is -0.00613. The van der Waals surface area contributed by atoms with Crippen molar-refractivity contribution in [3.63, 3.8) is 0 Å². The van der Waals surface area contributed by atoms with E-state index in [4.69, 9.17) is 4.74 Å². The first-order chi connectivity index (χ1) is 15.8. The van der Waals surface area contributed by atoms with Gasteiger partial charge in [0.25, 0.3) is 0 Å². The van der Waals surface area contributed by atoms with E-state index in [0.717, 1.165) is 39.8 Å². The van der Waals surface area contributed by atoms with Gasteiger partial charge in [0, 0.05) is 11.8 Å². The number of benzene rings is 3. The average Bonchev–Trinajstić information content (AvgIpc) is 2.76. The van der Waals surface area contributed by atoms with Crippen molar-refractivity contribution < 1.29 is 13.2 Å². The van der Waals surface area contributed by atoms with Crippen LogP contribution in [0.3, 0.4) is 0 Å². The summed E-state index contributed by atoms with van der Waals surface area (Å²) >= 11 is 0. The molecule has 3 aromatic rings. The molecule has 4 aliphatic rings. The highest BCUT2D eigenvalue weighted by Gasteiger charge is 2.52. The second-order valence-corrected chi connectivity index (χ2v) is 13.2. The first-order valence-corrected chi connectivity index (χ1v) is 14.3. The molecular weight excluding hydrogens is 428 g/mol. The molecule has 4 heteroatoms. The summed E-state index contributed by atoms with van der Waals surface area (Å²) in [6.45, 7) is 0. The molecule has 0 unspecified atom stereocenters. The molecule has 4 fully saturated rings. The molecule has 7 rings (SSSR count). The Bertz CT molecular complexity index is 1300. The van der Waals surface area contributed by atoms with E-state index in [9.17, 15) is 8.42 Å². The van der Waals surface area contributed by atoms with Gasteiger partial charge in [-0.1, -0.05) is 36.4 Å². The molecule has 0 aliphatic heterocycles. The third-order valence-electron chi connectivity index (χ3n) is 8.48. The zero-order chi connectivity index (χ0) is 22.8. The topological polar surface area (TPSA) is 43.4 Å². The Morgan fingerprint density at radius 2 is 1.42 bits per heavy atom. The summed E-state index contributed by atoms with van der Waals surface area (Å²) < 4.78 is 29.4. The minimum Gasteiger partial charge on any atom is -0.496 e. The monoisotopic (exact) mass is 460 g/mol. The Morgan fingerprint density at radius 3 is 2.06 bits per heavy atom. The van der Waals surface area contributed by atoms with Gasteiger partial charge in [0.2, 0.25) is 0 Å². The van der Waals surface area contributed by atoms with E-state index in [1.807, 2.05) is 18.2 Å². The minimum absolute atomic E-state index is 0.0753. The molecule has 0 amide bonds. The van der Waals surface area contributed by atoms with Crippen molar-refractivity contribution in [1.29, 1.82) is 0 Å². The van der Waals surface area contributed by atoms with E-state index < -0.39 is 9.84 Å². The largest absolute Gasteiger partial charge is 0.496 e. The van der Waals surface area contributed by atoms with Crippen LogP contribution in [0.1, 0.15) is 49.7 Å². The van der Waals surface area contributed by atoms with E-state index in [1.54, 1.807) is 7.11 Å². The second kappa shape index (κ2) is 7.59. The number of methoxy groups -OCH3 is 1. The molecule has 33 heavy (non-hydrogen) atoms. The fourth-order valence-corrected chi connectivity index (χ4v) is 8.40. The molecule has 172 valence electrons. The van der Waals surface area contributed by atoms with Crippen molar-refractivity contribution >= 4 is 20.6 Å². The van der Waals surface area contributed by atoms with Gasteiger partial charge in [-0.05, 0) is 107 Å². The smallest absolute Gasteiger partial charge is 0.151 e. The van der Waals surface area contributed by atoms with Gasteiger partial charge in [-0.2, -0.15) is 0 Å². The fraction of sp³-hybridized carbons (Fsp3) is 0.448. The van der Waals surface area contributed by atoms with Crippen molar-refractivity contribution in [2.75, 3.05) is 13.4 Å². The van der Waals surface area contributed by atoms with E-state index in [2.05, 4.69) is 36.4 Å². The van der Waals surface area contributed by atoms with Gasteiger partial charge in [-0.25, -0.2) is 8.42 Å². The van der Waals surface area contributed by atoms with Crippen LogP contribution >= 0.6 is 0 Å². The van der Waals surface area contributed by atoms with Crippen LogP contribution in [0.15, 0.2) is 54.6 Å². The maximum Gasteiger partial charge on any atom is 0.151 e. The van der Waals surface area contributed by atoms with Crippen LogP contribution in [-0.4, -0.2) is 21.8 Å². The standard InChI is InChI=1S/C29H32O3S/c1-32-28-8-7-25(14-27(28)29-15-20-9-21(16-29)11-22(10-20)17-29)24-6-5-23-4-3-19(12-26(23)13-24)18-33(2,30)31/h3-8,12-14,20-22H,9-11,15-18H2,1-2H3. The summed E-state index contributed by atoms with van der Waals surface area (Å²) in [7, 11) is -1.25. The predicted octanol–water partition coefficient (Wildman–Crippen LogP) is 6.53. The van der Waals surface area contributed by atoms with Crippen molar-refractivity contribution in [2.45, 2.75) is 49.7 Å². The lowest BCUT2D eigenvalue weighted by Gasteiger charge is -2.57. The van der Waals surface area contributed by atoms with Crippen LogP contribution < -0.4 is 4.74 Å². The van der Waals surface area contributed by atoms with E-state index in [-0.39, 0.29) is 11.2 Å². The molecule has 4 aliphatic carbocycles. The van der Waals surface area contributed by atoms with Gasteiger partial charge in [0.05, 0.1) is 12.9 Å². The zero-order valence-electron chi connectivity index (χ0n) is 19.5. The lowest BCUT2D eigenvalue weighted by Crippen LogP contribution is -2.48. The normalized spacial score (nSPS) is 28.4. The van der Waals surface area contributed by atoms with Gasteiger partial charge >= 0.3 is 0 Å². The maximum absolute atomic E-state index is 11.8. The summed E-state index contributed by atoms with van der Waals surface area (Å²) in [6.07, 6.45) is 9.52. The van der Waals surface area contributed by atoms with Crippen LogP contribution in [-0.2, 0) is 21.0 Å². The molecule has 0 atom stereocenters. The number of hydrogen-bond donors (Lipinski definition) is 0.